The van der Waals surface area contributed by atoms with E-state index >= 15 is 0 Å². The molecular weight excluding hydrogens is 344 g/mol. The number of aliphatic imine (C=N–C) groups is 1. The van der Waals surface area contributed by atoms with Gasteiger partial charge in [0.05, 0.1) is 12.2 Å². The summed E-state index contributed by atoms with van der Waals surface area (Å²) in [6, 6.07) is 0.371. The molecule has 3 unspecified atom stereocenters. The van der Waals surface area contributed by atoms with Crippen molar-refractivity contribution in [2.24, 2.45) is 10.4 Å². The Labute approximate surface area is 163 Å². The van der Waals surface area contributed by atoms with Crippen molar-refractivity contribution in [3.8, 4) is 0 Å². The number of hydrogen-bond donors (Lipinski definition) is 2. The van der Waals surface area contributed by atoms with Crippen molar-refractivity contribution in [3.63, 3.8) is 0 Å². The summed E-state index contributed by atoms with van der Waals surface area (Å²) in [6.45, 7) is 4.57. The highest BCUT2D eigenvalue weighted by Gasteiger charge is 2.59. The Hall–Kier alpha value is -1.34. The minimum absolute atomic E-state index is 0.00387. The van der Waals surface area contributed by atoms with E-state index in [0.29, 0.717) is 12.1 Å². The highest BCUT2D eigenvalue weighted by molar-refractivity contribution is 5.85. The lowest BCUT2D eigenvalue weighted by Crippen LogP contribution is -2.68. The van der Waals surface area contributed by atoms with E-state index in [1.807, 2.05) is 0 Å². The summed E-state index contributed by atoms with van der Waals surface area (Å²) in [5.74, 6) is 0.731. The molecule has 7 heteroatoms. The number of carbonyl (C=O) groups excluding carboxylic acids is 1. The van der Waals surface area contributed by atoms with E-state index in [1.54, 1.807) is 19.0 Å². The fourth-order valence-corrected chi connectivity index (χ4v) is 4.43. The molecule has 154 valence electrons. The van der Waals surface area contributed by atoms with Crippen molar-refractivity contribution in [3.05, 3.63) is 0 Å². The minimum Gasteiger partial charge on any atom is -0.378 e. The minimum atomic E-state index is 0.00387. The fraction of sp³-hybridized carbons (Fsp3) is 0.900. The van der Waals surface area contributed by atoms with Crippen LogP contribution in [0.25, 0.3) is 0 Å². The molecule has 1 heterocycles. The Kier molecular flexibility index (Phi) is 6.98. The fourth-order valence-electron chi connectivity index (χ4n) is 4.43. The first-order valence-corrected chi connectivity index (χ1v) is 10.5. The number of likely N-dealkylation sites (N-methyl/N-ethyl adjacent to an activating group) is 1. The van der Waals surface area contributed by atoms with E-state index in [0.717, 1.165) is 45.0 Å². The maximum atomic E-state index is 12.0. The highest BCUT2D eigenvalue weighted by atomic mass is 16.5. The van der Waals surface area contributed by atoms with Crippen molar-refractivity contribution in [2.45, 2.75) is 70.1 Å². The van der Waals surface area contributed by atoms with Gasteiger partial charge in [-0.1, -0.05) is 6.42 Å². The van der Waals surface area contributed by atoms with E-state index in [4.69, 9.17) is 9.47 Å². The summed E-state index contributed by atoms with van der Waals surface area (Å²) in [6.07, 6.45) is 8.74. The molecule has 0 radical (unpaired) electrons. The summed E-state index contributed by atoms with van der Waals surface area (Å²) >= 11 is 0. The first kappa shape index (κ1) is 20.4. The Morgan fingerprint density at radius 1 is 1.30 bits per heavy atom. The largest absolute Gasteiger partial charge is 0.378 e. The van der Waals surface area contributed by atoms with Crippen LogP contribution < -0.4 is 10.6 Å². The van der Waals surface area contributed by atoms with Crippen molar-refractivity contribution in [2.75, 3.05) is 40.4 Å². The van der Waals surface area contributed by atoms with Gasteiger partial charge in [0.25, 0.3) is 0 Å². The molecule has 2 saturated carbocycles. The second kappa shape index (κ2) is 9.24. The second-order valence-corrected chi connectivity index (χ2v) is 8.29. The molecule has 2 N–H and O–H groups in total. The smallest absolute Gasteiger partial charge is 0.243 e. The molecule has 7 nitrogen and oxygen atoms in total. The van der Waals surface area contributed by atoms with Gasteiger partial charge in [0, 0.05) is 45.3 Å². The SMILES string of the molecule is CCOC1CC(NC(=NCC(=O)N(C)C)NCC2CCCCO2)C12CCC2. The van der Waals surface area contributed by atoms with Crippen LogP contribution in [0.4, 0.5) is 0 Å². The quantitative estimate of drug-likeness (QED) is 0.517. The van der Waals surface area contributed by atoms with Crippen molar-refractivity contribution < 1.29 is 14.3 Å². The van der Waals surface area contributed by atoms with Crippen molar-refractivity contribution in [1.29, 1.82) is 0 Å². The zero-order valence-electron chi connectivity index (χ0n) is 17.1. The van der Waals surface area contributed by atoms with Gasteiger partial charge in [-0.25, -0.2) is 4.99 Å². The van der Waals surface area contributed by atoms with Crippen LogP contribution in [-0.2, 0) is 14.3 Å². The van der Waals surface area contributed by atoms with Gasteiger partial charge in [0.1, 0.15) is 6.54 Å². The van der Waals surface area contributed by atoms with Crippen LogP contribution in [0.3, 0.4) is 0 Å². The molecule has 0 aromatic heterocycles. The molecule has 1 spiro atoms. The molecule has 1 saturated heterocycles. The molecule has 3 aliphatic rings. The third kappa shape index (κ3) is 4.74. The zero-order valence-corrected chi connectivity index (χ0v) is 17.1. The molecular formula is C20H36N4O3. The van der Waals surface area contributed by atoms with Crippen molar-refractivity contribution in [1.82, 2.24) is 15.5 Å². The second-order valence-electron chi connectivity index (χ2n) is 8.29. The maximum absolute atomic E-state index is 12.0. The number of ether oxygens (including phenoxy) is 2. The molecule has 0 bridgehead atoms. The molecule has 3 fully saturated rings. The molecule has 2 aliphatic carbocycles. The Bertz CT molecular complexity index is 527. The van der Waals surface area contributed by atoms with E-state index in [1.165, 1.54) is 25.7 Å². The highest BCUT2D eigenvalue weighted by Crippen LogP contribution is 2.57. The summed E-state index contributed by atoms with van der Waals surface area (Å²) < 4.78 is 11.8. The van der Waals surface area contributed by atoms with E-state index in [-0.39, 0.29) is 24.0 Å². The van der Waals surface area contributed by atoms with Gasteiger partial charge in [0.15, 0.2) is 5.96 Å². The number of rotatable bonds is 7. The van der Waals surface area contributed by atoms with Gasteiger partial charge in [-0.3, -0.25) is 4.79 Å². The average molecular weight is 381 g/mol. The third-order valence-electron chi connectivity index (χ3n) is 6.39. The maximum Gasteiger partial charge on any atom is 0.243 e. The Morgan fingerprint density at radius 2 is 2.11 bits per heavy atom. The first-order chi connectivity index (χ1) is 13.0. The summed E-state index contributed by atoms with van der Waals surface area (Å²) in [5, 5.41) is 7.02. The lowest BCUT2D eigenvalue weighted by molar-refractivity contribution is -0.168. The molecule has 27 heavy (non-hydrogen) atoms. The van der Waals surface area contributed by atoms with Gasteiger partial charge in [-0.2, -0.15) is 0 Å². The van der Waals surface area contributed by atoms with Crippen LogP contribution in [0.1, 0.15) is 51.9 Å². The summed E-state index contributed by atoms with van der Waals surface area (Å²) in [5.41, 5.74) is 0.255. The van der Waals surface area contributed by atoms with E-state index in [9.17, 15) is 4.79 Å². The summed E-state index contributed by atoms with van der Waals surface area (Å²) in [4.78, 5) is 18.1. The molecule has 3 rings (SSSR count). The average Bonchev–Trinajstić information content (AvgIpc) is 2.61. The lowest BCUT2D eigenvalue weighted by atomic mass is 9.51. The normalized spacial score (nSPS) is 29.6. The van der Waals surface area contributed by atoms with Crippen LogP contribution in [0.15, 0.2) is 4.99 Å². The molecule has 1 aliphatic heterocycles. The Balaban J connectivity index is 1.59. The number of carbonyl (C=O) groups is 1. The standard InChI is InChI=1S/C20H36N4O3/c1-4-26-17-12-16(20(17)9-7-10-20)23-19(22-14-18(25)24(2)3)21-13-15-8-5-6-11-27-15/h15-17H,4-14H2,1-3H3,(H2,21,22,23). The van der Waals surface area contributed by atoms with Crippen molar-refractivity contribution >= 4 is 11.9 Å². The summed E-state index contributed by atoms with van der Waals surface area (Å²) in [7, 11) is 3.52. The van der Waals surface area contributed by atoms with Crippen LogP contribution in [0.2, 0.25) is 0 Å². The molecule has 0 aromatic carbocycles. The first-order valence-electron chi connectivity index (χ1n) is 10.5. The lowest BCUT2D eigenvalue weighted by Gasteiger charge is -2.61. The monoisotopic (exact) mass is 380 g/mol. The van der Waals surface area contributed by atoms with Crippen LogP contribution >= 0.6 is 0 Å². The predicted octanol–water partition coefficient (Wildman–Crippen LogP) is 1.53. The van der Waals surface area contributed by atoms with Crippen LogP contribution in [0, 0.1) is 5.41 Å². The predicted molar refractivity (Wildman–Crippen MR) is 106 cm³/mol. The molecule has 1 amide bonds. The van der Waals surface area contributed by atoms with Gasteiger partial charge in [-0.15, -0.1) is 0 Å². The number of hydrogen-bond acceptors (Lipinski definition) is 4. The van der Waals surface area contributed by atoms with Gasteiger partial charge >= 0.3 is 0 Å². The Morgan fingerprint density at radius 3 is 2.70 bits per heavy atom. The molecule has 3 atom stereocenters. The van der Waals surface area contributed by atoms with Gasteiger partial charge in [0.2, 0.25) is 5.91 Å². The topological polar surface area (TPSA) is 75.2 Å². The zero-order chi connectivity index (χ0) is 19.3. The third-order valence-corrected chi connectivity index (χ3v) is 6.39. The van der Waals surface area contributed by atoms with E-state index < -0.39 is 0 Å². The van der Waals surface area contributed by atoms with Crippen LogP contribution in [-0.4, -0.2) is 75.4 Å². The number of amides is 1. The number of nitrogens with one attached hydrogen (secondary N) is 2. The molecule has 0 aromatic rings. The van der Waals surface area contributed by atoms with Gasteiger partial charge < -0.3 is 25.0 Å². The van der Waals surface area contributed by atoms with Gasteiger partial charge in [-0.05, 0) is 45.4 Å². The number of guanidine groups is 1. The van der Waals surface area contributed by atoms with E-state index in [2.05, 4.69) is 22.5 Å². The van der Waals surface area contributed by atoms with Crippen LogP contribution in [0.5, 0.6) is 0 Å². The number of nitrogens with zero attached hydrogens (tertiary/aromatic N) is 2.